The van der Waals surface area contributed by atoms with Crippen molar-refractivity contribution in [2.75, 3.05) is 0 Å². The molecule has 2 rings (SSSR count). The topological polar surface area (TPSA) is 33.1 Å². The molecule has 0 amide bonds. The summed E-state index contributed by atoms with van der Waals surface area (Å²) in [6.07, 6.45) is 4.14. The Morgan fingerprint density at radius 3 is 2.48 bits per heavy atom. The molecule has 0 aliphatic carbocycles. The van der Waals surface area contributed by atoms with E-state index in [-0.39, 0.29) is 5.75 Å². The highest BCUT2D eigenvalue weighted by molar-refractivity contribution is 5.79. The summed E-state index contributed by atoms with van der Waals surface area (Å²) >= 11 is 0. The number of aromatic hydroxyl groups is 1. The number of aromatic nitrogens is 1. The van der Waals surface area contributed by atoms with Gasteiger partial charge in [-0.1, -0.05) is 51.3 Å². The standard InChI is InChI=1S/C21H23NO/c1-14(2)10-11-16(5)17-12-19(15(3)4)22-20(13-17)18-8-6-7-9-21(18)23/h6-14,23H,3,5H2,1-2,4H3/b11-10+. The Balaban J connectivity index is 2.55. The highest BCUT2D eigenvalue weighted by Gasteiger charge is 2.10. The smallest absolute Gasteiger partial charge is 0.124 e. The van der Waals surface area contributed by atoms with E-state index in [1.54, 1.807) is 12.1 Å². The Labute approximate surface area is 138 Å². The molecule has 1 heterocycles. The van der Waals surface area contributed by atoms with E-state index in [1.165, 1.54) is 0 Å². The van der Waals surface area contributed by atoms with Crippen LogP contribution in [0.3, 0.4) is 0 Å². The Morgan fingerprint density at radius 2 is 1.87 bits per heavy atom. The summed E-state index contributed by atoms with van der Waals surface area (Å²) < 4.78 is 0. The zero-order chi connectivity index (χ0) is 17.0. The SMILES string of the molecule is C=C(/C=C/C(C)C)c1cc(C(=C)C)nc(-c2ccccc2O)c1. The number of benzene rings is 1. The molecule has 0 saturated heterocycles. The van der Waals surface area contributed by atoms with Crippen molar-refractivity contribution >= 4 is 11.1 Å². The lowest BCUT2D eigenvalue weighted by atomic mass is 10.00. The first-order valence-corrected chi connectivity index (χ1v) is 7.72. The largest absolute Gasteiger partial charge is 0.507 e. The van der Waals surface area contributed by atoms with E-state index in [2.05, 4.69) is 38.1 Å². The summed E-state index contributed by atoms with van der Waals surface area (Å²) in [4.78, 5) is 4.62. The highest BCUT2D eigenvalue weighted by atomic mass is 16.3. The van der Waals surface area contributed by atoms with E-state index in [9.17, 15) is 5.11 Å². The van der Waals surface area contributed by atoms with Crippen molar-refractivity contribution in [1.29, 1.82) is 0 Å². The van der Waals surface area contributed by atoms with Crippen molar-refractivity contribution < 1.29 is 5.11 Å². The van der Waals surface area contributed by atoms with Crippen LogP contribution in [0.5, 0.6) is 5.75 Å². The number of hydrogen-bond donors (Lipinski definition) is 1. The third kappa shape index (κ3) is 4.19. The lowest BCUT2D eigenvalue weighted by molar-refractivity contribution is 0.477. The molecule has 0 spiro atoms. The average Bonchev–Trinajstić information content (AvgIpc) is 2.52. The molecule has 2 aromatic rings. The Morgan fingerprint density at radius 1 is 1.17 bits per heavy atom. The number of pyridine rings is 1. The van der Waals surface area contributed by atoms with Crippen molar-refractivity contribution in [3.8, 4) is 17.0 Å². The Kier molecular flexibility index (Phi) is 5.17. The van der Waals surface area contributed by atoms with Gasteiger partial charge in [0.15, 0.2) is 0 Å². The normalized spacial score (nSPS) is 11.1. The van der Waals surface area contributed by atoms with Crippen LogP contribution in [0.15, 0.2) is 61.7 Å². The fraction of sp³-hybridized carbons (Fsp3) is 0.190. The van der Waals surface area contributed by atoms with Gasteiger partial charge in [-0.15, -0.1) is 0 Å². The second-order valence-electron chi connectivity index (χ2n) is 6.05. The molecule has 1 aromatic heterocycles. The molecule has 118 valence electrons. The molecule has 0 atom stereocenters. The minimum Gasteiger partial charge on any atom is -0.507 e. The van der Waals surface area contributed by atoms with Crippen LogP contribution in [0.25, 0.3) is 22.4 Å². The fourth-order valence-electron chi connectivity index (χ4n) is 2.17. The zero-order valence-corrected chi connectivity index (χ0v) is 14.0. The molecule has 0 saturated carbocycles. The molecule has 1 N–H and O–H groups in total. The van der Waals surface area contributed by atoms with Gasteiger partial charge in [-0.05, 0) is 53.8 Å². The van der Waals surface area contributed by atoms with Crippen LogP contribution in [-0.2, 0) is 0 Å². The summed E-state index contributed by atoms with van der Waals surface area (Å²) in [7, 11) is 0. The molecular formula is C21H23NO. The molecule has 0 unspecified atom stereocenters. The van der Waals surface area contributed by atoms with E-state index >= 15 is 0 Å². The molecule has 23 heavy (non-hydrogen) atoms. The predicted molar refractivity (Wildman–Crippen MR) is 99.1 cm³/mol. The summed E-state index contributed by atoms with van der Waals surface area (Å²) in [6.45, 7) is 14.3. The minimum absolute atomic E-state index is 0.216. The number of rotatable bonds is 5. The van der Waals surface area contributed by atoms with Crippen LogP contribution in [-0.4, -0.2) is 10.1 Å². The Bertz CT molecular complexity index is 769. The average molecular weight is 305 g/mol. The highest BCUT2D eigenvalue weighted by Crippen LogP contribution is 2.30. The van der Waals surface area contributed by atoms with Crippen LogP contribution >= 0.6 is 0 Å². The summed E-state index contributed by atoms with van der Waals surface area (Å²) in [5.74, 6) is 0.681. The number of phenolic OH excluding ortho intramolecular Hbond substituents is 1. The van der Waals surface area contributed by atoms with Gasteiger partial charge in [-0.2, -0.15) is 0 Å². The molecule has 1 aromatic carbocycles. The number of para-hydroxylation sites is 1. The number of allylic oxidation sites excluding steroid dienone is 4. The van der Waals surface area contributed by atoms with Gasteiger partial charge in [0.25, 0.3) is 0 Å². The van der Waals surface area contributed by atoms with Crippen LogP contribution < -0.4 is 0 Å². The molecule has 0 aliphatic rings. The van der Waals surface area contributed by atoms with Gasteiger partial charge in [0.1, 0.15) is 5.75 Å². The second kappa shape index (κ2) is 7.10. The molecule has 0 fully saturated rings. The molecule has 0 radical (unpaired) electrons. The summed E-state index contributed by atoms with van der Waals surface area (Å²) in [6, 6.07) is 11.1. The van der Waals surface area contributed by atoms with Crippen molar-refractivity contribution in [1.82, 2.24) is 4.98 Å². The van der Waals surface area contributed by atoms with Crippen molar-refractivity contribution in [3.63, 3.8) is 0 Å². The maximum Gasteiger partial charge on any atom is 0.124 e. The van der Waals surface area contributed by atoms with Crippen molar-refractivity contribution in [2.24, 2.45) is 5.92 Å². The number of hydrogen-bond acceptors (Lipinski definition) is 2. The molecule has 2 heteroatoms. The van der Waals surface area contributed by atoms with Crippen LogP contribution in [0.2, 0.25) is 0 Å². The van der Waals surface area contributed by atoms with Crippen molar-refractivity contribution in [3.05, 3.63) is 73.0 Å². The van der Waals surface area contributed by atoms with E-state index in [0.29, 0.717) is 11.5 Å². The van der Waals surface area contributed by atoms with E-state index in [0.717, 1.165) is 28.1 Å². The quantitative estimate of drug-likeness (QED) is 0.717. The maximum absolute atomic E-state index is 10.1. The molecule has 0 aliphatic heterocycles. The second-order valence-corrected chi connectivity index (χ2v) is 6.05. The zero-order valence-electron chi connectivity index (χ0n) is 14.0. The van der Waals surface area contributed by atoms with E-state index in [4.69, 9.17) is 0 Å². The van der Waals surface area contributed by atoms with E-state index in [1.807, 2.05) is 37.3 Å². The van der Waals surface area contributed by atoms with Gasteiger partial charge >= 0.3 is 0 Å². The van der Waals surface area contributed by atoms with Gasteiger partial charge in [-0.3, -0.25) is 0 Å². The van der Waals surface area contributed by atoms with Crippen LogP contribution in [0.4, 0.5) is 0 Å². The van der Waals surface area contributed by atoms with Crippen LogP contribution in [0.1, 0.15) is 32.0 Å². The van der Waals surface area contributed by atoms with Gasteiger partial charge < -0.3 is 5.11 Å². The lowest BCUT2D eigenvalue weighted by Crippen LogP contribution is -1.94. The van der Waals surface area contributed by atoms with Crippen LogP contribution in [0, 0.1) is 5.92 Å². The third-order valence-electron chi connectivity index (χ3n) is 3.50. The first kappa shape index (κ1) is 16.8. The lowest BCUT2D eigenvalue weighted by Gasteiger charge is -2.11. The number of nitrogens with zero attached hydrogens (tertiary/aromatic N) is 1. The van der Waals surface area contributed by atoms with Gasteiger partial charge in [0.05, 0.1) is 11.4 Å². The summed E-state index contributed by atoms with van der Waals surface area (Å²) in [5, 5.41) is 10.1. The van der Waals surface area contributed by atoms with Gasteiger partial charge in [-0.25, -0.2) is 4.98 Å². The first-order valence-electron chi connectivity index (χ1n) is 7.72. The summed E-state index contributed by atoms with van der Waals surface area (Å²) in [5.41, 5.74) is 5.01. The number of phenols is 1. The van der Waals surface area contributed by atoms with E-state index < -0.39 is 0 Å². The van der Waals surface area contributed by atoms with Gasteiger partial charge in [0, 0.05) is 5.56 Å². The third-order valence-corrected chi connectivity index (χ3v) is 3.50. The van der Waals surface area contributed by atoms with Gasteiger partial charge in [0.2, 0.25) is 0 Å². The monoisotopic (exact) mass is 305 g/mol. The molecule has 0 bridgehead atoms. The maximum atomic E-state index is 10.1. The Hall–Kier alpha value is -2.61. The fourth-order valence-corrected chi connectivity index (χ4v) is 2.17. The predicted octanol–water partition coefficient (Wildman–Crippen LogP) is 5.71. The van der Waals surface area contributed by atoms with Crippen molar-refractivity contribution in [2.45, 2.75) is 20.8 Å². The molecular weight excluding hydrogens is 282 g/mol. The first-order chi connectivity index (χ1) is 10.9. The molecule has 2 nitrogen and oxygen atoms in total. The minimum atomic E-state index is 0.216.